The van der Waals surface area contributed by atoms with Crippen molar-refractivity contribution in [2.75, 3.05) is 39.4 Å². The van der Waals surface area contributed by atoms with Crippen molar-refractivity contribution in [1.29, 1.82) is 0 Å². The molecule has 3 rings (SSSR count). The molecule has 0 aromatic heterocycles. The summed E-state index contributed by atoms with van der Waals surface area (Å²) in [6.45, 7) is 9.57. The van der Waals surface area contributed by atoms with Gasteiger partial charge in [-0.25, -0.2) is 0 Å². The van der Waals surface area contributed by atoms with Gasteiger partial charge in [-0.1, -0.05) is 41.5 Å². The standard InChI is InChI=1S/C23H30N2O2S/c1-18-14-19(2)16-20(15-18)17-28-22-7-4-3-6-21(22)23(26)24-8-5-9-25-10-12-27-13-11-25/h3-4,6-7,14-16H,5,8-13,17H2,1-2H3,(H,24,26). The number of benzene rings is 2. The lowest BCUT2D eigenvalue weighted by molar-refractivity contribution is 0.0374. The molecule has 28 heavy (non-hydrogen) atoms. The second kappa shape index (κ2) is 10.6. The summed E-state index contributed by atoms with van der Waals surface area (Å²) in [7, 11) is 0. The molecular weight excluding hydrogens is 368 g/mol. The third kappa shape index (κ3) is 6.36. The van der Waals surface area contributed by atoms with Gasteiger partial charge in [-0.05, 0) is 44.5 Å². The smallest absolute Gasteiger partial charge is 0.252 e. The summed E-state index contributed by atoms with van der Waals surface area (Å²) < 4.78 is 5.37. The van der Waals surface area contributed by atoms with Crippen LogP contribution in [0.1, 0.15) is 33.5 Å². The van der Waals surface area contributed by atoms with E-state index in [2.05, 4.69) is 42.3 Å². The maximum absolute atomic E-state index is 12.7. The topological polar surface area (TPSA) is 41.6 Å². The fourth-order valence-electron chi connectivity index (χ4n) is 3.52. The summed E-state index contributed by atoms with van der Waals surface area (Å²) in [4.78, 5) is 16.1. The zero-order valence-corrected chi connectivity index (χ0v) is 17.7. The van der Waals surface area contributed by atoms with Crippen molar-refractivity contribution in [3.8, 4) is 0 Å². The number of morpholine rings is 1. The van der Waals surface area contributed by atoms with Crippen LogP contribution in [0.15, 0.2) is 47.4 Å². The Kier molecular flexibility index (Phi) is 7.95. The predicted molar refractivity (Wildman–Crippen MR) is 116 cm³/mol. The number of ether oxygens (including phenoxy) is 1. The third-order valence-corrected chi connectivity index (χ3v) is 5.99. The quantitative estimate of drug-likeness (QED) is 0.538. The fourth-order valence-corrected chi connectivity index (χ4v) is 4.50. The van der Waals surface area contributed by atoms with E-state index >= 15 is 0 Å². The number of nitrogens with one attached hydrogen (secondary N) is 1. The first-order valence-corrected chi connectivity index (χ1v) is 11.0. The molecule has 0 spiro atoms. The van der Waals surface area contributed by atoms with Crippen LogP contribution < -0.4 is 5.32 Å². The van der Waals surface area contributed by atoms with Crippen molar-refractivity contribution in [2.45, 2.75) is 30.9 Å². The Morgan fingerprint density at radius 2 is 1.82 bits per heavy atom. The van der Waals surface area contributed by atoms with Gasteiger partial charge in [0.1, 0.15) is 0 Å². The number of carbonyl (C=O) groups is 1. The summed E-state index contributed by atoms with van der Waals surface area (Å²) in [6.07, 6.45) is 0.962. The number of hydrogen-bond donors (Lipinski definition) is 1. The molecule has 1 heterocycles. The highest BCUT2D eigenvalue weighted by molar-refractivity contribution is 7.98. The van der Waals surface area contributed by atoms with Gasteiger partial charge >= 0.3 is 0 Å². The molecule has 0 atom stereocenters. The highest BCUT2D eigenvalue weighted by Crippen LogP contribution is 2.27. The van der Waals surface area contributed by atoms with Crippen molar-refractivity contribution in [1.82, 2.24) is 10.2 Å². The van der Waals surface area contributed by atoms with E-state index in [4.69, 9.17) is 4.74 Å². The molecule has 0 saturated carbocycles. The largest absolute Gasteiger partial charge is 0.379 e. The summed E-state index contributed by atoms with van der Waals surface area (Å²) >= 11 is 1.72. The molecule has 1 fully saturated rings. The molecule has 0 unspecified atom stereocenters. The summed E-state index contributed by atoms with van der Waals surface area (Å²) in [5.74, 6) is 0.884. The van der Waals surface area contributed by atoms with E-state index in [1.54, 1.807) is 11.8 Å². The van der Waals surface area contributed by atoms with Crippen LogP contribution in [-0.2, 0) is 10.5 Å². The molecule has 0 aliphatic carbocycles. The first-order chi connectivity index (χ1) is 13.6. The van der Waals surface area contributed by atoms with Crippen LogP contribution in [0.5, 0.6) is 0 Å². The van der Waals surface area contributed by atoms with E-state index in [9.17, 15) is 4.79 Å². The monoisotopic (exact) mass is 398 g/mol. The van der Waals surface area contributed by atoms with Crippen LogP contribution in [0.2, 0.25) is 0 Å². The lowest BCUT2D eigenvalue weighted by Crippen LogP contribution is -2.38. The van der Waals surface area contributed by atoms with Crippen molar-refractivity contribution in [3.63, 3.8) is 0 Å². The molecule has 1 aliphatic heterocycles. The molecule has 1 aliphatic rings. The molecule has 1 N–H and O–H groups in total. The van der Waals surface area contributed by atoms with E-state index in [0.29, 0.717) is 6.54 Å². The van der Waals surface area contributed by atoms with Crippen molar-refractivity contribution in [2.24, 2.45) is 0 Å². The minimum atomic E-state index is 0.0190. The summed E-state index contributed by atoms with van der Waals surface area (Å²) in [6, 6.07) is 14.5. The molecule has 0 bridgehead atoms. The average Bonchev–Trinajstić information content (AvgIpc) is 2.70. The molecule has 1 amide bonds. The Morgan fingerprint density at radius 1 is 1.11 bits per heavy atom. The first kappa shape index (κ1) is 20.9. The number of amides is 1. The van der Waals surface area contributed by atoms with Crippen LogP contribution in [0.4, 0.5) is 0 Å². The summed E-state index contributed by atoms with van der Waals surface area (Å²) in [5, 5.41) is 3.09. The van der Waals surface area contributed by atoms with E-state index in [0.717, 1.165) is 55.5 Å². The minimum absolute atomic E-state index is 0.0190. The van der Waals surface area contributed by atoms with Gasteiger partial charge in [-0.15, -0.1) is 11.8 Å². The highest BCUT2D eigenvalue weighted by atomic mass is 32.2. The normalized spacial score (nSPS) is 14.8. The minimum Gasteiger partial charge on any atom is -0.379 e. The van der Waals surface area contributed by atoms with Crippen LogP contribution >= 0.6 is 11.8 Å². The highest BCUT2D eigenvalue weighted by Gasteiger charge is 2.13. The molecule has 1 saturated heterocycles. The van der Waals surface area contributed by atoms with Gasteiger partial charge in [0.25, 0.3) is 5.91 Å². The van der Waals surface area contributed by atoms with Gasteiger partial charge in [-0.3, -0.25) is 9.69 Å². The van der Waals surface area contributed by atoms with Gasteiger partial charge in [0.05, 0.1) is 18.8 Å². The molecule has 150 valence electrons. The Labute approximate surface area is 172 Å². The Morgan fingerprint density at radius 3 is 2.57 bits per heavy atom. The molecule has 2 aromatic carbocycles. The Bertz CT molecular complexity index is 768. The number of thioether (sulfide) groups is 1. The average molecular weight is 399 g/mol. The van der Waals surface area contributed by atoms with E-state index < -0.39 is 0 Å². The van der Waals surface area contributed by atoms with Crippen LogP contribution in [0.3, 0.4) is 0 Å². The van der Waals surface area contributed by atoms with E-state index in [1.807, 2.05) is 24.3 Å². The van der Waals surface area contributed by atoms with Crippen molar-refractivity contribution >= 4 is 17.7 Å². The van der Waals surface area contributed by atoms with E-state index in [1.165, 1.54) is 16.7 Å². The number of nitrogens with zero attached hydrogens (tertiary/aromatic N) is 1. The number of rotatable bonds is 8. The number of hydrogen-bond acceptors (Lipinski definition) is 4. The maximum atomic E-state index is 12.7. The summed E-state index contributed by atoms with van der Waals surface area (Å²) in [5.41, 5.74) is 4.62. The number of aryl methyl sites for hydroxylation is 2. The lowest BCUT2D eigenvalue weighted by Gasteiger charge is -2.26. The number of carbonyl (C=O) groups excluding carboxylic acids is 1. The molecular formula is C23H30N2O2S. The third-order valence-electron chi connectivity index (χ3n) is 4.85. The molecule has 5 heteroatoms. The van der Waals surface area contributed by atoms with Crippen LogP contribution in [0.25, 0.3) is 0 Å². The first-order valence-electron chi connectivity index (χ1n) is 9.99. The SMILES string of the molecule is Cc1cc(C)cc(CSc2ccccc2C(=O)NCCCN2CCOCC2)c1. The maximum Gasteiger partial charge on any atom is 0.252 e. The van der Waals surface area contributed by atoms with Gasteiger partial charge < -0.3 is 10.1 Å². The van der Waals surface area contributed by atoms with Crippen LogP contribution in [0, 0.1) is 13.8 Å². The zero-order valence-electron chi connectivity index (χ0n) is 16.9. The van der Waals surface area contributed by atoms with Gasteiger partial charge in [0.15, 0.2) is 0 Å². The second-order valence-corrected chi connectivity index (χ2v) is 8.36. The second-order valence-electron chi connectivity index (χ2n) is 7.34. The van der Waals surface area contributed by atoms with Gasteiger partial charge in [0.2, 0.25) is 0 Å². The molecule has 2 aromatic rings. The Balaban J connectivity index is 1.51. The fraction of sp³-hybridized carbons (Fsp3) is 0.435. The predicted octanol–water partition coefficient (Wildman–Crippen LogP) is 4.05. The van der Waals surface area contributed by atoms with Gasteiger partial charge in [-0.2, -0.15) is 0 Å². The molecule has 0 radical (unpaired) electrons. The molecule has 4 nitrogen and oxygen atoms in total. The van der Waals surface area contributed by atoms with Crippen LogP contribution in [-0.4, -0.2) is 50.2 Å². The zero-order chi connectivity index (χ0) is 19.8. The van der Waals surface area contributed by atoms with Crippen molar-refractivity contribution in [3.05, 3.63) is 64.7 Å². The van der Waals surface area contributed by atoms with Crippen molar-refractivity contribution < 1.29 is 9.53 Å². The Hall–Kier alpha value is -1.82. The van der Waals surface area contributed by atoms with Gasteiger partial charge in [0, 0.05) is 30.3 Å². The lowest BCUT2D eigenvalue weighted by atomic mass is 10.1. The van der Waals surface area contributed by atoms with E-state index in [-0.39, 0.29) is 5.91 Å².